The van der Waals surface area contributed by atoms with Crippen molar-refractivity contribution < 1.29 is 22.4 Å². The van der Waals surface area contributed by atoms with E-state index in [0.717, 1.165) is 32.1 Å². The smallest absolute Gasteiger partial charge is 0.241 e. The molecule has 8 nitrogen and oxygen atoms in total. The van der Waals surface area contributed by atoms with Gasteiger partial charge in [-0.1, -0.05) is 30.8 Å². The third kappa shape index (κ3) is 3.86. The monoisotopic (exact) mass is 407 g/mol. The van der Waals surface area contributed by atoms with Gasteiger partial charge in [-0.3, -0.25) is 0 Å². The summed E-state index contributed by atoms with van der Waals surface area (Å²) in [7, 11) is -3.83. The second-order valence-corrected chi connectivity index (χ2v) is 9.08. The van der Waals surface area contributed by atoms with E-state index < -0.39 is 15.6 Å². The number of hydrogen-bond acceptors (Lipinski definition) is 7. The Morgan fingerprint density at radius 3 is 2.39 bits per heavy atom. The van der Waals surface area contributed by atoms with Gasteiger partial charge in [-0.05, 0) is 25.0 Å². The van der Waals surface area contributed by atoms with Crippen LogP contribution < -0.4 is 14.2 Å². The van der Waals surface area contributed by atoms with E-state index >= 15 is 0 Å². The molecule has 0 amide bonds. The summed E-state index contributed by atoms with van der Waals surface area (Å²) in [5.74, 6) is 1.85. The summed E-state index contributed by atoms with van der Waals surface area (Å²) in [6, 6.07) is 4.71. The van der Waals surface area contributed by atoms with Gasteiger partial charge in [0.15, 0.2) is 17.3 Å². The summed E-state index contributed by atoms with van der Waals surface area (Å²) >= 11 is 0. The van der Waals surface area contributed by atoms with Gasteiger partial charge in [-0.2, -0.15) is 9.71 Å². The van der Waals surface area contributed by atoms with Crippen molar-refractivity contribution in [2.75, 3.05) is 13.2 Å². The lowest BCUT2D eigenvalue weighted by Gasteiger charge is -2.30. The lowest BCUT2D eigenvalue weighted by molar-refractivity contribution is 0.296. The minimum Gasteiger partial charge on any atom is -0.490 e. The van der Waals surface area contributed by atoms with Crippen LogP contribution in [0.5, 0.6) is 11.5 Å². The number of benzene rings is 1. The Labute approximate surface area is 164 Å². The van der Waals surface area contributed by atoms with E-state index in [0.29, 0.717) is 49.3 Å². The number of rotatable bonds is 4. The molecule has 0 atom stereocenters. The van der Waals surface area contributed by atoms with Gasteiger partial charge in [-0.25, -0.2) is 8.42 Å². The topological polar surface area (TPSA) is 104 Å². The predicted molar refractivity (Wildman–Crippen MR) is 101 cm³/mol. The number of aryl methyl sites for hydroxylation is 1. The van der Waals surface area contributed by atoms with Gasteiger partial charge in [0.05, 0.1) is 23.6 Å². The molecule has 152 valence electrons. The molecule has 4 rings (SSSR count). The molecule has 0 saturated heterocycles. The first kappa shape index (κ1) is 19.2. The highest BCUT2D eigenvalue weighted by molar-refractivity contribution is 7.89. The molecule has 28 heavy (non-hydrogen) atoms. The average molecular weight is 407 g/mol. The van der Waals surface area contributed by atoms with Gasteiger partial charge < -0.3 is 14.0 Å². The van der Waals surface area contributed by atoms with Crippen molar-refractivity contribution in [1.29, 1.82) is 0 Å². The highest BCUT2D eigenvalue weighted by Gasteiger charge is 2.41. The largest absolute Gasteiger partial charge is 0.490 e. The molecule has 2 heterocycles. The van der Waals surface area contributed by atoms with Gasteiger partial charge in [0.2, 0.25) is 15.9 Å². The van der Waals surface area contributed by atoms with Gasteiger partial charge in [-0.15, -0.1) is 0 Å². The minimum atomic E-state index is -3.83. The number of nitrogens with zero attached hydrogens (tertiary/aromatic N) is 2. The molecule has 1 fully saturated rings. The maximum absolute atomic E-state index is 13.3. The summed E-state index contributed by atoms with van der Waals surface area (Å²) in [5, 5.41) is 4.06. The summed E-state index contributed by atoms with van der Waals surface area (Å²) in [5.41, 5.74) is -0.864. The second kappa shape index (κ2) is 7.71. The molecule has 1 aliphatic heterocycles. The van der Waals surface area contributed by atoms with Crippen LogP contribution in [-0.4, -0.2) is 31.8 Å². The van der Waals surface area contributed by atoms with Gasteiger partial charge >= 0.3 is 0 Å². The quantitative estimate of drug-likeness (QED) is 0.777. The van der Waals surface area contributed by atoms with Crippen LogP contribution >= 0.6 is 0 Å². The summed E-state index contributed by atoms with van der Waals surface area (Å²) in [6.45, 7) is 2.76. The van der Waals surface area contributed by atoms with E-state index in [1.807, 2.05) is 0 Å². The van der Waals surface area contributed by atoms with E-state index in [1.165, 1.54) is 6.07 Å². The van der Waals surface area contributed by atoms with Gasteiger partial charge in [0.25, 0.3) is 0 Å². The van der Waals surface area contributed by atoms with Gasteiger partial charge in [0, 0.05) is 19.4 Å². The average Bonchev–Trinajstić information content (AvgIpc) is 2.87. The molecule has 0 radical (unpaired) electrons. The fraction of sp³-hybridized carbons (Fsp3) is 0.579. The van der Waals surface area contributed by atoms with Crippen LogP contribution in [0.15, 0.2) is 27.6 Å². The number of nitrogens with one attached hydrogen (secondary N) is 1. The van der Waals surface area contributed by atoms with Gasteiger partial charge in [0.1, 0.15) is 0 Å². The number of sulfonamides is 1. The van der Waals surface area contributed by atoms with Crippen LogP contribution in [0.2, 0.25) is 0 Å². The minimum absolute atomic E-state index is 0.139. The maximum Gasteiger partial charge on any atom is 0.241 e. The summed E-state index contributed by atoms with van der Waals surface area (Å²) in [4.78, 5) is 4.50. The molecule has 1 aliphatic carbocycles. The zero-order chi connectivity index (χ0) is 19.6. The molecule has 0 bridgehead atoms. The zero-order valence-corrected chi connectivity index (χ0v) is 16.8. The molecule has 9 heteroatoms. The van der Waals surface area contributed by atoms with E-state index in [-0.39, 0.29) is 4.90 Å². The Morgan fingerprint density at radius 1 is 1.00 bits per heavy atom. The number of aromatic nitrogens is 2. The van der Waals surface area contributed by atoms with E-state index in [2.05, 4.69) is 14.9 Å². The molecular weight excluding hydrogens is 382 g/mol. The van der Waals surface area contributed by atoms with Crippen molar-refractivity contribution in [1.82, 2.24) is 14.9 Å². The predicted octanol–water partition coefficient (Wildman–Crippen LogP) is 3.07. The van der Waals surface area contributed by atoms with E-state index in [1.54, 1.807) is 19.1 Å². The third-order valence-electron chi connectivity index (χ3n) is 5.27. The molecule has 0 unspecified atom stereocenters. The van der Waals surface area contributed by atoms with Crippen molar-refractivity contribution in [3.63, 3.8) is 0 Å². The Bertz CT molecular complexity index is 933. The number of hydrogen-bond donors (Lipinski definition) is 1. The number of ether oxygens (including phenoxy) is 2. The zero-order valence-electron chi connectivity index (χ0n) is 15.9. The first-order valence-electron chi connectivity index (χ1n) is 9.73. The molecule has 2 aliphatic rings. The second-order valence-electron chi connectivity index (χ2n) is 7.40. The van der Waals surface area contributed by atoms with Crippen LogP contribution in [-0.2, 0) is 15.6 Å². The molecule has 2 aromatic rings. The highest BCUT2D eigenvalue weighted by Crippen LogP contribution is 2.37. The lowest BCUT2D eigenvalue weighted by Crippen LogP contribution is -2.46. The molecule has 0 spiro atoms. The number of fused-ring (bicyclic) bond motifs is 1. The lowest BCUT2D eigenvalue weighted by atomic mass is 9.91. The first-order valence-corrected chi connectivity index (χ1v) is 11.2. The van der Waals surface area contributed by atoms with Crippen LogP contribution in [0, 0.1) is 6.92 Å². The van der Waals surface area contributed by atoms with Crippen LogP contribution in [0.1, 0.15) is 56.7 Å². The molecule has 1 N–H and O–H groups in total. The molecule has 1 aromatic carbocycles. The van der Waals surface area contributed by atoms with Crippen molar-refractivity contribution in [2.24, 2.45) is 0 Å². The standard InChI is InChI=1S/C19H25N3O5S/c1-14-20-18(21-27-14)19(9-4-2-3-5-10-19)22-28(23,24)15-7-8-16-17(13-15)26-12-6-11-25-16/h7-8,13,22H,2-6,9-12H2,1H3. The Hall–Kier alpha value is -2.13. The Balaban J connectivity index is 1.68. The van der Waals surface area contributed by atoms with Crippen LogP contribution in [0.4, 0.5) is 0 Å². The third-order valence-corrected chi connectivity index (χ3v) is 6.81. The fourth-order valence-electron chi connectivity index (χ4n) is 3.82. The normalized spacial score (nSPS) is 19.6. The summed E-state index contributed by atoms with van der Waals surface area (Å²) < 4.78 is 45.9. The first-order chi connectivity index (χ1) is 13.5. The van der Waals surface area contributed by atoms with E-state index in [9.17, 15) is 8.42 Å². The van der Waals surface area contributed by atoms with Crippen LogP contribution in [0.25, 0.3) is 0 Å². The highest BCUT2D eigenvalue weighted by atomic mass is 32.2. The Kier molecular flexibility index (Phi) is 5.29. The molecule has 1 saturated carbocycles. The SMILES string of the molecule is Cc1nc(C2(NS(=O)(=O)c3ccc4c(c3)OCCCO4)CCCCCC2)no1. The maximum atomic E-state index is 13.3. The van der Waals surface area contributed by atoms with Crippen molar-refractivity contribution in [3.05, 3.63) is 29.9 Å². The van der Waals surface area contributed by atoms with Crippen molar-refractivity contribution in [3.8, 4) is 11.5 Å². The van der Waals surface area contributed by atoms with Crippen molar-refractivity contribution in [2.45, 2.75) is 62.3 Å². The molecule has 1 aromatic heterocycles. The van der Waals surface area contributed by atoms with Crippen molar-refractivity contribution >= 4 is 10.0 Å². The fourth-order valence-corrected chi connectivity index (χ4v) is 5.26. The molecular formula is C19H25N3O5S. The Morgan fingerprint density at radius 2 is 1.71 bits per heavy atom. The van der Waals surface area contributed by atoms with E-state index in [4.69, 9.17) is 14.0 Å². The summed E-state index contributed by atoms with van der Waals surface area (Å²) in [6.07, 6.45) is 5.95. The van der Waals surface area contributed by atoms with Crippen LogP contribution in [0.3, 0.4) is 0 Å².